The van der Waals surface area contributed by atoms with Crippen molar-refractivity contribution in [2.75, 3.05) is 31.9 Å². The molecule has 1 unspecified atom stereocenters. The van der Waals surface area contributed by atoms with E-state index >= 15 is 0 Å². The summed E-state index contributed by atoms with van der Waals surface area (Å²) in [5.74, 6) is 0.0763. The van der Waals surface area contributed by atoms with Gasteiger partial charge in [-0.2, -0.15) is 4.31 Å². The summed E-state index contributed by atoms with van der Waals surface area (Å²) in [7, 11) is -3.62. The number of nitrogen functional groups attached to an aromatic ring is 1. The zero-order valence-corrected chi connectivity index (χ0v) is 13.7. The Hall–Kier alpha value is -1.16. The van der Waals surface area contributed by atoms with E-state index in [1.807, 2.05) is 6.92 Å². The molecule has 0 aromatic carbocycles. The molecule has 3 rings (SSSR count). The lowest BCUT2D eigenvalue weighted by atomic mass is 10.2. The molecule has 116 valence electrons. The number of aromatic nitrogens is 2. The van der Waals surface area contributed by atoms with Crippen LogP contribution in [0.15, 0.2) is 16.6 Å². The maximum Gasteiger partial charge on any atom is 0.262 e. The van der Waals surface area contributed by atoms with Crippen LogP contribution in [0.1, 0.15) is 13.8 Å². The number of anilines is 1. The Morgan fingerprint density at radius 1 is 1.48 bits per heavy atom. The third-order valence-corrected chi connectivity index (χ3v) is 6.62. The zero-order valence-electron chi connectivity index (χ0n) is 12.1. The van der Waals surface area contributed by atoms with Crippen LogP contribution in [0.4, 0.5) is 5.82 Å². The molecule has 0 amide bonds. The second-order valence-electron chi connectivity index (χ2n) is 5.20. The van der Waals surface area contributed by atoms with E-state index in [0.29, 0.717) is 18.1 Å². The van der Waals surface area contributed by atoms with E-state index in [0.717, 1.165) is 13.1 Å². The first-order chi connectivity index (χ1) is 9.95. The summed E-state index contributed by atoms with van der Waals surface area (Å²) in [4.78, 5) is 7.00. The second kappa shape index (κ2) is 5.24. The normalized spacial score (nSPS) is 22.1. The van der Waals surface area contributed by atoms with E-state index < -0.39 is 10.0 Å². The van der Waals surface area contributed by atoms with E-state index in [9.17, 15) is 8.42 Å². The van der Waals surface area contributed by atoms with E-state index in [2.05, 4.69) is 16.8 Å². The van der Waals surface area contributed by atoms with Crippen molar-refractivity contribution in [2.45, 2.75) is 24.9 Å². The summed E-state index contributed by atoms with van der Waals surface area (Å²) in [6.07, 6.45) is 1.70. The van der Waals surface area contributed by atoms with Gasteiger partial charge in [0.1, 0.15) is 0 Å². The molecule has 0 spiro atoms. The number of hydrogen-bond donors (Lipinski definition) is 1. The standard InChI is InChI=1S/C12H19N5O2S2/c1-3-15-4-5-16(8-9(15)2)21(18,19)11-10(13)14-12-17(11)6-7-20-12/h6-7,9H,3-5,8,13H2,1-2H3. The van der Waals surface area contributed by atoms with Gasteiger partial charge in [0, 0.05) is 37.3 Å². The summed E-state index contributed by atoms with van der Waals surface area (Å²) in [6.45, 7) is 6.76. The maximum absolute atomic E-state index is 12.9. The van der Waals surface area contributed by atoms with Crippen molar-refractivity contribution in [3.8, 4) is 0 Å². The van der Waals surface area contributed by atoms with E-state index in [1.54, 1.807) is 16.0 Å². The molecule has 2 aromatic heterocycles. The van der Waals surface area contributed by atoms with Gasteiger partial charge < -0.3 is 5.73 Å². The van der Waals surface area contributed by atoms with Crippen LogP contribution in [0.25, 0.3) is 4.96 Å². The van der Waals surface area contributed by atoms with Crippen molar-refractivity contribution in [1.82, 2.24) is 18.6 Å². The van der Waals surface area contributed by atoms with Gasteiger partial charge in [-0.05, 0) is 13.5 Å². The van der Waals surface area contributed by atoms with Crippen LogP contribution < -0.4 is 5.73 Å². The maximum atomic E-state index is 12.9. The lowest BCUT2D eigenvalue weighted by molar-refractivity contribution is 0.135. The van der Waals surface area contributed by atoms with E-state index in [4.69, 9.17) is 5.73 Å². The van der Waals surface area contributed by atoms with Crippen LogP contribution in [-0.4, -0.2) is 59.2 Å². The molecule has 1 aliphatic heterocycles. The summed E-state index contributed by atoms with van der Waals surface area (Å²) in [6, 6.07) is 0.200. The van der Waals surface area contributed by atoms with E-state index in [1.165, 1.54) is 15.6 Å². The lowest BCUT2D eigenvalue weighted by Crippen LogP contribution is -2.53. The molecule has 9 heteroatoms. The molecule has 0 saturated carbocycles. The van der Waals surface area contributed by atoms with Gasteiger partial charge in [-0.1, -0.05) is 6.92 Å². The fraction of sp³-hybridized carbons (Fsp3) is 0.583. The Labute approximate surface area is 128 Å². The average Bonchev–Trinajstić information content (AvgIpc) is 2.97. The molecule has 0 aliphatic carbocycles. The highest BCUT2D eigenvalue weighted by Gasteiger charge is 2.35. The Kier molecular flexibility index (Phi) is 3.68. The van der Waals surface area contributed by atoms with Gasteiger partial charge in [0.15, 0.2) is 15.8 Å². The number of likely N-dealkylation sites (N-methyl/N-ethyl adjacent to an activating group) is 1. The largest absolute Gasteiger partial charge is 0.381 e. The van der Waals surface area contributed by atoms with Crippen molar-refractivity contribution in [3.63, 3.8) is 0 Å². The van der Waals surface area contributed by atoms with Gasteiger partial charge in [0.05, 0.1) is 0 Å². The van der Waals surface area contributed by atoms with Crippen molar-refractivity contribution < 1.29 is 8.42 Å². The quantitative estimate of drug-likeness (QED) is 0.896. The first kappa shape index (κ1) is 14.8. The smallest absolute Gasteiger partial charge is 0.262 e. The number of hydrogen-bond acceptors (Lipinski definition) is 6. The fourth-order valence-corrected chi connectivity index (χ4v) is 5.27. The predicted octanol–water partition coefficient (Wildman–Crippen LogP) is 0.693. The molecule has 2 aromatic rings. The summed E-state index contributed by atoms with van der Waals surface area (Å²) < 4.78 is 28.9. The molecule has 21 heavy (non-hydrogen) atoms. The highest BCUT2D eigenvalue weighted by atomic mass is 32.2. The number of nitrogens with two attached hydrogens (primary N) is 1. The van der Waals surface area contributed by atoms with Gasteiger partial charge in [-0.25, -0.2) is 13.4 Å². The molecule has 2 N–H and O–H groups in total. The van der Waals surface area contributed by atoms with Crippen LogP contribution in [0.2, 0.25) is 0 Å². The molecule has 1 fully saturated rings. The zero-order chi connectivity index (χ0) is 15.2. The van der Waals surface area contributed by atoms with Gasteiger partial charge in [0.25, 0.3) is 10.0 Å². The lowest BCUT2D eigenvalue weighted by Gasteiger charge is -2.38. The van der Waals surface area contributed by atoms with Gasteiger partial charge >= 0.3 is 0 Å². The molecular formula is C12H19N5O2S2. The first-order valence-electron chi connectivity index (χ1n) is 6.90. The molecular weight excluding hydrogens is 310 g/mol. The van der Waals surface area contributed by atoms with E-state index in [-0.39, 0.29) is 16.9 Å². The van der Waals surface area contributed by atoms with Crippen LogP contribution in [0.3, 0.4) is 0 Å². The highest BCUT2D eigenvalue weighted by Crippen LogP contribution is 2.27. The number of sulfonamides is 1. The van der Waals surface area contributed by atoms with Gasteiger partial charge in [-0.3, -0.25) is 9.30 Å². The third kappa shape index (κ3) is 2.33. The van der Waals surface area contributed by atoms with Crippen molar-refractivity contribution in [1.29, 1.82) is 0 Å². The van der Waals surface area contributed by atoms with Crippen molar-refractivity contribution in [2.24, 2.45) is 0 Å². The average molecular weight is 329 g/mol. The minimum Gasteiger partial charge on any atom is -0.381 e. The number of imidazole rings is 1. The SMILES string of the molecule is CCN1CCN(S(=O)(=O)c2c(N)nc3sccn23)CC1C. The Morgan fingerprint density at radius 2 is 2.24 bits per heavy atom. The van der Waals surface area contributed by atoms with Crippen LogP contribution >= 0.6 is 11.3 Å². The predicted molar refractivity (Wildman–Crippen MR) is 82.9 cm³/mol. The Balaban J connectivity index is 1.98. The number of fused-ring (bicyclic) bond motifs is 1. The van der Waals surface area contributed by atoms with Gasteiger partial charge in [0.2, 0.25) is 0 Å². The summed E-state index contributed by atoms with van der Waals surface area (Å²) >= 11 is 1.37. The number of piperazine rings is 1. The number of thiazole rings is 1. The molecule has 1 atom stereocenters. The Morgan fingerprint density at radius 3 is 2.90 bits per heavy atom. The summed E-state index contributed by atoms with van der Waals surface area (Å²) in [5.41, 5.74) is 5.84. The monoisotopic (exact) mass is 329 g/mol. The fourth-order valence-electron chi connectivity index (χ4n) is 2.81. The molecule has 1 saturated heterocycles. The first-order valence-corrected chi connectivity index (χ1v) is 9.22. The topological polar surface area (TPSA) is 83.9 Å². The molecule has 3 heterocycles. The molecule has 7 nitrogen and oxygen atoms in total. The molecule has 0 radical (unpaired) electrons. The minimum atomic E-state index is -3.62. The molecule has 1 aliphatic rings. The second-order valence-corrected chi connectivity index (χ2v) is 7.92. The highest BCUT2D eigenvalue weighted by molar-refractivity contribution is 7.89. The Bertz CT molecular complexity index is 751. The third-order valence-electron chi connectivity index (χ3n) is 3.96. The minimum absolute atomic E-state index is 0.0763. The summed E-state index contributed by atoms with van der Waals surface area (Å²) in [5, 5.41) is 1.90. The van der Waals surface area contributed by atoms with Crippen LogP contribution in [-0.2, 0) is 10.0 Å². The number of rotatable bonds is 3. The van der Waals surface area contributed by atoms with Crippen LogP contribution in [0.5, 0.6) is 0 Å². The van der Waals surface area contributed by atoms with Crippen molar-refractivity contribution in [3.05, 3.63) is 11.6 Å². The van der Waals surface area contributed by atoms with Gasteiger partial charge in [-0.15, -0.1) is 11.3 Å². The molecule has 0 bridgehead atoms. The van der Waals surface area contributed by atoms with Crippen LogP contribution in [0, 0.1) is 0 Å². The number of nitrogens with zero attached hydrogens (tertiary/aromatic N) is 4. The van der Waals surface area contributed by atoms with Crippen molar-refractivity contribution >= 4 is 32.1 Å².